The van der Waals surface area contributed by atoms with Gasteiger partial charge < -0.3 is 4.74 Å². The van der Waals surface area contributed by atoms with Crippen molar-refractivity contribution in [3.05, 3.63) is 35.4 Å². The van der Waals surface area contributed by atoms with E-state index >= 15 is 0 Å². The summed E-state index contributed by atoms with van der Waals surface area (Å²) in [5, 5.41) is 2.25. The van der Waals surface area contributed by atoms with Crippen LogP contribution in [-0.2, 0) is 15.0 Å². The van der Waals surface area contributed by atoms with Gasteiger partial charge in [0, 0.05) is 11.6 Å². The Bertz CT molecular complexity index is 580. The molecule has 1 N–H and O–H groups in total. The Kier molecular flexibility index (Phi) is 3.18. The minimum absolute atomic E-state index is 0.0410. The molecule has 0 aliphatic carbocycles. The molecule has 0 fully saturated rings. The van der Waals surface area contributed by atoms with E-state index in [0.717, 1.165) is 5.56 Å². The van der Waals surface area contributed by atoms with Crippen LogP contribution in [0, 0.1) is 0 Å². The monoisotopic (exact) mass is 259 g/mol. The van der Waals surface area contributed by atoms with Crippen LogP contribution in [0.25, 0.3) is 5.57 Å². The summed E-state index contributed by atoms with van der Waals surface area (Å²) >= 11 is 0. The van der Waals surface area contributed by atoms with E-state index in [1.165, 1.54) is 6.08 Å². The predicted molar refractivity (Wildman–Crippen MR) is 72.8 cm³/mol. The zero-order chi connectivity index (χ0) is 14.2. The van der Waals surface area contributed by atoms with Crippen LogP contribution < -0.4 is 10.1 Å². The Morgan fingerprint density at radius 3 is 2.32 bits per heavy atom. The second-order valence-corrected chi connectivity index (χ2v) is 5.54. The van der Waals surface area contributed by atoms with Gasteiger partial charge in [-0.25, -0.2) is 0 Å². The summed E-state index contributed by atoms with van der Waals surface area (Å²) in [6, 6.07) is 5.70. The molecule has 0 radical (unpaired) electrons. The number of carbonyl (C=O) groups excluding carboxylic acids is 2. The van der Waals surface area contributed by atoms with Gasteiger partial charge in [-0.15, -0.1) is 0 Å². The zero-order valence-electron chi connectivity index (χ0n) is 11.5. The number of imide groups is 1. The summed E-state index contributed by atoms with van der Waals surface area (Å²) < 4.78 is 5.28. The summed E-state index contributed by atoms with van der Waals surface area (Å²) in [5.74, 6) is -0.179. The third-order valence-electron chi connectivity index (χ3n) is 3.11. The highest BCUT2D eigenvalue weighted by Gasteiger charge is 2.26. The summed E-state index contributed by atoms with van der Waals surface area (Å²) in [4.78, 5) is 23.0. The lowest BCUT2D eigenvalue weighted by Crippen LogP contribution is -2.22. The van der Waals surface area contributed by atoms with Gasteiger partial charge in [-0.2, -0.15) is 0 Å². The van der Waals surface area contributed by atoms with Crippen LogP contribution in [0.4, 0.5) is 0 Å². The molecule has 1 heterocycles. The highest BCUT2D eigenvalue weighted by molar-refractivity contribution is 6.33. The SMILES string of the molecule is COc1ccc(C(C)(C)C)cc1C1=CC(=O)NC1=O. The van der Waals surface area contributed by atoms with E-state index in [4.69, 9.17) is 4.74 Å². The fourth-order valence-electron chi connectivity index (χ4n) is 2.00. The van der Waals surface area contributed by atoms with E-state index in [-0.39, 0.29) is 17.2 Å². The van der Waals surface area contributed by atoms with Gasteiger partial charge in [-0.3, -0.25) is 14.9 Å². The molecule has 1 aliphatic heterocycles. The van der Waals surface area contributed by atoms with Gasteiger partial charge in [-0.05, 0) is 23.1 Å². The van der Waals surface area contributed by atoms with E-state index in [0.29, 0.717) is 16.9 Å². The maximum absolute atomic E-state index is 11.8. The van der Waals surface area contributed by atoms with Gasteiger partial charge in [0.15, 0.2) is 0 Å². The number of rotatable bonds is 2. The van der Waals surface area contributed by atoms with Gasteiger partial charge in [0.1, 0.15) is 5.75 Å². The average Bonchev–Trinajstić information content (AvgIpc) is 2.66. The molecule has 0 spiro atoms. The number of benzene rings is 1. The first-order valence-corrected chi connectivity index (χ1v) is 6.09. The molecule has 0 atom stereocenters. The van der Waals surface area contributed by atoms with Crippen LogP contribution in [-0.4, -0.2) is 18.9 Å². The Labute approximate surface area is 112 Å². The van der Waals surface area contributed by atoms with Gasteiger partial charge in [0.2, 0.25) is 0 Å². The van der Waals surface area contributed by atoms with Crippen molar-refractivity contribution in [3.63, 3.8) is 0 Å². The second-order valence-electron chi connectivity index (χ2n) is 5.54. The van der Waals surface area contributed by atoms with Crippen molar-refractivity contribution in [2.75, 3.05) is 7.11 Å². The summed E-state index contributed by atoms with van der Waals surface area (Å²) in [6.07, 6.45) is 1.31. The maximum atomic E-state index is 11.8. The fraction of sp³-hybridized carbons (Fsp3) is 0.333. The maximum Gasteiger partial charge on any atom is 0.259 e. The van der Waals surface area contributed by atoms with Crippen LogP contribution in [0.15, 0.2) is 24.3 Å². The van der Waals surface area contributed by atoms with Crippen molar-refractivity contribution in [1.82, 2.24) is 5.32 Å². The molecule has 2 amide bonds. The van der Waals surface area contributed by atoms with Gasteiger partial charge in [0.05, 0.1) is 12.7 Å². The van der Waals surface area contributed by atoms with Crippen LogP contribution in [0.1, 0.15) is 31.9 Å². The Hall–Kier alpha value is -2.10. The lowest BCUT2D eigenvalue weighted by molar-refractivity contribution is -0.123. The third kappa shape index (κ3) is 2.52. The first-order valence-electron chi connectivity index (χ1n) is 6.09. The fourth-order valence-corrected chi connectivity index (χ4v) is 2.00. The van der Waals surface area contributed by atoms with Crippen molar-refractivity contribution in [2.45, 2.75) is 26.2 Å². The minimum atomic E-state index is -0.386. The molecular formula is C15H17NO3. The summed E-state index contributed by atoms with van der Waals surface area (Å²) in [6.45, 7) is 6.27. The summed E-state index contributed by atoms with van der Waals surface area (Å²) in [7, 11) is 1.55. The van der Waals surface area contributed by atoms with Gasteiger partial charge in [-0.1, -0.05) is 26.8 Å². The minimum Gasteiger partial charge on any atom is -0.496 e. The van der Waals surface area contributed by atoms with Crippen molar-refractivity contribution < 1.29 is 14.3 Å². The molecule has 19 heavy (non-hydrogen) atoms. The van der Waals surface area contributed by atoms with Gasteiger partial charge >= 0.3 is 0 Å². The molecule has 0 bridgehead atoms. The van der Waals surface area contributed by atoms with E-state index in [1.807, 2.05) is 18.2 Å². The molecule has 4 heteroatoms. The van der Waals surface area contributed by atoms with E-state index in [1.54, 1.807) is 7.11 Å². The molecule has 0 aromatic heterocycles. The first-order chi connectivity index (χ1) is 8.82. The number of ether oxygens (including phenoxy) is 1. The second kappa shape index (κ2) is 4.53. The largest absolute Gasteiger partial charge is 0.496 e. The highest BCUT2D eigenvalue weighted by Crippen LogP contribution is 2.33. The molecule has 1 aromatic rings. The number of nitrogens with one attached hydrogen (secondary N) is 1. The number of hydrogen-bond acceptors (Lipinski definition) is 3. The van der Waals surface area contributed by atoms with E-state index in [2.05, 4.69) is 26.1 Å². The lowest BCUT2D eigenvalue weighted by Gasteiger charge is -2.21. The predicted octanol–water partition coefficient (Wildman–Crippen LogP) is 2.03. The van der Waals surface area contributed by atoms with Crippen molar-refractivity contribution >= 4 is 17.4 Å². The highest BCUT2D eigenvalue weighted by atomic mass is 16.5. The molecule has 1 aromatic carbocycles. The van der Waals surface area contributed by atoms with Crippen LogP contribution in [0.2, 0.25) is 0 Å². The van der Waals surface area contributed by atoms with Crippen molar-refractivity contribution in [2.24, 2.45) is 0 Å². The Morgan fingerprint density at radius 1 is 1.16 bits per heavy atom. The molecule has 0 saturated carbocycles. The van der Waals surface area contributed by atoms with Crippen LogP contribution >= 0.6 is 0 Å². The van der Waals surface area contributed by atoms with E-state index < -0.39 is 0 Å². The third-order valence-corrected chi connectivity index (χ3v) is 3.11. The number of amides is 2. The van der Waals surface area contributed by atoms with Crippen LogP contribution in [0.5, 0.6) is 5.75 Å². The number of methoxy groups -OCH3 is 1. The standard InChI is InChI=1S/C15H17NO3/c1-15(2,3)9-5-6-12(19-4)10(7-9)11-8-13(17)16-14(11)18/h5-8H,1-4H3,(H,16,17,18). The molecule has 100 valence electrons. The molecule has 1 aliphatic rings. The molecular weight excluding hydrogens is 242 g/mol. The topological polar surface area (TPSA) is 55.4 Å². The zero-order valence-corrected chi connectivity index (χ0v) is 11.5. The quantitative estimate of drug-likeness (QED) is 0.827. The lowest BCUT2D eigenvalue weighted by atomic mass is 9.85. The smallest absolute Gasteiger partial charge is 0.259 e. The first kappa shape index (κ1) is 13.3. The van der Waals surface area contributed by atoms with Crippen LogP contribution in [0.3, 0.4) is 0 Å². The Balaban J connectivity index is 2.58. The van der Waals surface area contributed by atoms with Crippen molar-refractivity contribution in [3.8, 4) is 5.75 Å². The molecule has 4 nitrogen and oxygen atoms in total. The van der Waals surface area contributed by atoms with Gasteiger partial charge in [0.25, 0.3) is 11.8 Å². The normalized spacial score (nSPS) is 15.3. The Morgan fingerprint density at radius 2 is 1.84 bits per heavy atom. The molecule has 2 rings (SSSR count). The van der Waals surface area contributed by atoms with Crippen molar-refractivity contribution in [1.29, 1.82) is 0 Å². The molecule has 0 saturated heterocycles. The number of carbonyl (C=O) groups is 2. The number of hydrogen-bond donors (Lipinski definition) is 1. The average molecular weight is 259 g/mol. The van der Waals surface area contributed by atoms with E-state index in [9.17, 15) is 9.59 Å². The summed E-state index contributed by atoms with van der Waals surface area (Å²) in [5.41, 5.74) is 2.04. The molecule has 0 unspecified atom stereocenters.